The second-order valence-electron chi connectivity index (χ2n) is 7.65. The van der Waals surface area contributed by atoms with Crippen molar-refractivity contribution in [1.82, 2.24) is 10.6 Å². The fourth-order valence-corrected chi connectivity index (χ4v) is 3.39. The minimum Gasteiger partial charge on any atom is -0.480 e. The molecule has 158 valence electrons. The highest BCUT2D eigenvalue weighted by Crippen LogP contribution is 2.25. The van der Waals surface area contributed by atoms with Crippen LogP contribution in [-0.4, -0.2) is 40.9 Å². The monoisotopic (exact) mass is 404 g/mol. The number of alkyl carbamates (subject to hydrolysis) is 1. The summed E-state index contributed by atoms with van der Waals surface area (Å²) >= 11 is 0. The Morgan fingerprint density at radius 2 is 1.86 bits per heavy atom. The number of aliphatic carboxylic acids is 1. The Kier molecular flexibility index (Phi) is 8.18. The lowest BCUT2D eigenvalue weighted by molar-refractivity contribution is -0.144. The van der Waals surface area contributed by atoms with Crippen molar-refractivity contribution in [2.75, 3.05) is 0 Å². The average Bonchev–Trinajstić information content (AvgIpc) is 2.68. The normalized spacial score (nSPS) is 18.6. The molecule has 3 atom stereocenters. The van der Waals surface area contributed by atoms with E-state index >= 15 is 0 Å². The van der Waals surface area contributed by atoms with Gasteiger partial charge in [0.15, 0.2) is 0 Å². The molecule has 0 saturated heterocycles. The number of nitrogens with one attached hydrogen (secondary N) is 2. The average molecular weight is 404 g/mol. The third kappa shape index (κ3) is 6.89. The van der Waals surface area contributed by atoms with Gasteiger partial charge in [0, 0.05) is 12.8 Å². The van der Waals surface area contributed by atoms with Gasteiger partial charge < -0.3 is 20.5 Å². The molecule has 0 aliphatic heterocycles. The maximum Gasteiger partial charge on any atom is 0.408 e. The molecule has 8 nitrogen and oxygen atoms in total. The molecule has 0 heterocycles. The maximum atomic E-state index is 12.7. The van der Waals surface area contributed by atoms with Gasteiger partial charge in [-0.25, -0.2) is 9.59 Å². The zero-order valence-electron chi connectivity index (χ0n) is 16.7. The topological polar surface area (TPSA) is 122 Å². The summed E-state index contributed by atoms with van der Waals surface area (Å²) in [7, 11) is 0. The molecule has 1 fully saturated rings. The molecule has 3 N–H and O–H groups in total. The first kappa shape index (κ1) is 22.4. The van der Waals surface area contributed by atoms with Crippen molar-refractivity contribution in [3.05, 3.63) is 35.9 Å². The number of hydrogen-bond donors (Lipinski definition) is 3. The molecule has 1 aliphatic carbocycles. The molecule has 0 spiro atoms. The summed E-state index contributed by atoms with van der Waals surface area (Å²) in [5.74, 6) is -2.53. The van der Waals surface area contributed by atoms with E-state index in [1.165, 1.54) is 0 Å². The Balaban J connectivity index is 1.96. The molecule has 0 radical (unpaired) electrons. The van der Waals surface area contributed by atoms with E-state index < -0.39 is 36.0 Å². The summed E-state index contributed by atoms with van der Waals surface area (Å²) in [6, 6.07) is 6.98. The summed E-state index contributed by atoms with van der Waals surface area (Å²) in [5, 5.41) is 14.6. The predicted octanol–water partition coefficient (Wildman–Crippen LogP) is 2.27. The second kappa shape index (κ2) is 10.6. The Morgan fingerprint density at radius 3 is 2.45 bits per heavy atom. The fourth-order valence-electron chi connectivity index (χ4n) is 3.39. The molecule has 8 heteroatoms. The van der Waals surface area contributed by atoms with E-state index in [1.54, 1.807) is 13.8 Å². The van der Waals surface area contributed by atoms with Crippen LogP contribution in [0, 0.1) is 11.8 Å². The van der Waals surface area contributed by atoms with Crippen LogP contribution in [0.5, 0.6) is 0 Å². The van der Waals surface area contributed by atoms with Crippen molar-refractivity contribution in [1.29, 1.82) is 0 Å². The smallest absolute Gasteiger partial charge is 0.408 e. The first-order chi connectivity index (χ1) is 13.8. The molecule has 1 saturated carbocycles. The minimum absolute atomic E-state index is 0.00442. The molecule has 0 bridgehead atoms. The highest BCUT2D eigenvalue weighted by molar-refractivity contribution is 5.90. The molecule has 1 aromatic carbocycles. The van der Waals surface area contributed by atoms with Gasteiger partial charge in [0.25, 0.3) is 0 Å². The zero-order valence-corrected chi connectivity index (χ0v) is 16.7. The van der Waals surface area contributed by atoms with Gasteiger partial charge in [-0.2, -0.15) is 0 Å². The number of carboxylic acid groups (broad SMARTS) is 1. The van der Waals surface area contributed by atoms with Crippen molar-refractivity contribution in [3.63, 3.8) is 0 Å². The number of hydrogen-bond acceptors (Lipinski definition) is 5. The lowest BCUT2D eigenvalue weighted by atomic mass is 9.83. The highest BCUT2D eigenvalue weighted by Gasteiger charge is 2.35. The summed E-state index contributed by atoms with van der Waals surface area (Å²) in [6.45, 7) is 3.53. The predicted molar refractivity (Wildman–Crippen MR) is 105 cm³/mol. The molecule has 29 heavy (non-hydrogen) atoms. The van der Waals surface area contributed by atoms with E-state index in [2.05, 4.69) is 10.6 Å². The lowest BCUT2D eigenvalue weighted by Crippen LogP contribution is -2.56. The summed E-state index contributed by atoms with van der Waals surface area (Å²) in [5.41, 5.74) is 0.807. The Bertz CT molecular complexity index is 734. The van der Waals surface area contributed by atoms with E-state index in [9.17, 15) is 24.3 Å². The van der Waals surface area contributed by atoms with E-state index in [-0.39, 0.29) is 24.7 Å². The van der Waals surface area contributed by atoms with E-state index in [1.807, 2.05) is 30.3 Å². The van der Waals surface area contributed by atoms with Gasteiger partial charge in [0.05, 0.1) is 0 Å². The van der Waals surface area contributed by atoms with Gasteiger partial charge in [-0.15, -0.1) is 0 Å². The number of carbonyl (C=O) groups is 4. The SMILES string of the molecule is CC(C)[C@@H](NC(=O)OCc1ccccc1)C(=O)N[C@@H](C(=O)O)[C@@H]1CCCC(=O)C1. The molecular weight excluding hydrogens is 376 g/mol. The first-order valence-corrected chi connectivity index (χ1v) is 9.80. The maximum absolute atomic E-state index is 12.7. The van der Waals surface area contributed by atoms with Crippen molar-refractivity contribution in [2.24, 2.45) is 11.8 Å². The Labute approximate surface area is 170 Å². The van der Waals surface area contributed by atoms with Crippen LogP contribution < -0.4 is 10.6 Å². The molecule has 2 amide bonds. The van der Waals surface area contributed by atoms with Crippen LogP contribution in [-0.2, 0) is 25.7 Å². The van der Waals surface area contributed by atoms with Crippen molar-refractivity contribution >= 4 is 23.8 Å². The van der Waals surface area contributed by atoms with Crippen molar-refractivity contribution in [2.45, 2.75) is 58.2 Å². The summed E-state index contributed by atoms with van der Waals surface area (Å²) in [4.78, 5) is 48.2. The van der Waals surface area contributed by atoms with Crippen LogP contribution in [0.25, 0.3) is 0 Å². The zero-order chi connectivity index (χ0) is 21.4. The number of Topliss-reactive ketones (excluding diaryl/α,β-unsaturated/α-hetero) is 1. The van der Waals surface area contributed by atoms with Gasteiger partial charge >= 0.3 is 12.1 Å². The number of rotatable bonds is 8. The second-order valence-corrected chi connectivity index (χ2v) is 7.65. The summed E-state index contributed by atoms with van der Waals surface area (Å²) in [6.07, 6.45) is 0.987. The number of ether oxygens (including phenoxy) is 1. The standard InChI is InChI=1S/C21H28N2O6/c1-13(2)17(23-21(28)29-12-14-7-4-3-5-8-14)19(25)22-18(20(26)27)15-9-6-10-16(24)11-15/h3-5,7-8,13,15,17-18H,6,9-12H2,1-2H3,(H,22,25)(H,23,28)(H,26,27)/t15-,17-,18-/m1/s1. The molecule has 0 unspecified atom stereocenters. The number of carbonyl (C=O) groups excluding carboxylic acids is 3. The number of amides is 2. The largest absolute Gasteiger partial charge is 0.480 e. The third-order valence-corrected chi connectivity index (χ3v) is 4.99. The Hall–Kier alpha value is -2.90. The highest BCUT2D eigenvalue weighted by atomic mass is 16.5. The van der Waals surface area contributed by atoms with Gasteiger partial charge in [-0.3, -0.25) is 9.59 Å². The van der Waals surface area contributed by atoms with Crippen molar-refractivity contribution in [3.8, 4) is 0 Å². The van der Waals surface area contributed by atoms with E-state index in [0.29, 0.717) is 19.3 Å². The Morgan fingerprint density at radius 1 is 1.17 bits per heavy atom. The lowest BCUT2D eigenvalue weighted by Gasteiger charge is -2.29. The van der Waals surface area contributed by atoms with Crippen LogP contribution in [0.1, 0.15) is 45.1 Å². The minimum atomic E-state index is -1.19. The number of carboxylic acids is 1. The van der Waals surface area contributed by atoms with E-state index in [0.717, 1.165) is 5.56 Å². The first-order valence-electron chi connectivity index (χ1n) is 9.80. The van der Waals surface area contributed by atoms with Crippen LogP contribution >= 0.6 is 0 Å². The fraction of sp³-hybridized carbons (Fsp3) is 0.524. The molecule has 1 aliphatic rings. The van der Waals surface area contributed by atoms with Gasteiger partial charge in [-0.05, 0) is 30.2 Å². The van der Waals surface area contributed by atoms with E-state index in [4.69, 9.17) is 4.74 Å². The van der Waals surface area contributed by atoms with Crippen LogP contribution in [0.15, 0.2) is 30.3 Å². The number of ketones is 1. The van der Waals surface area contributed by atoms with Crippen LogP contribution in [0.4, 0.5) is 4.79 Å². The summed E-state index contributed by atoms with van der Waals surface area (Å²) < 4.78 is 5.15. The van der Waals surface area contributed by atoms with Crippen molar-refractivity contribution < 1.29 is 29.0 Å². The van der Waals surface area contributed by atoms with Crippen LogP contribution in [0.3, 0.4) is 0 Å². The van der Waals surface area contributed by atoms with Gasteiger partial charge in [0.1, 0.15) is 24.5 Å². The quantitative estimate of drug-likeness (QED) is 0.611. The molecule has 1 aromatic rings. The third-order valence-electron chi connectivity index (χ3n) is 4.99. The molecule has 2 rings (SSSR count). The molecular formula is C21H28N2O6. The van der Waals surface area contributed by atoms with Crippen LogP contribution in [0.2, 0.25) is 0 Å². The number of benzene rings is 1. The van der Waals surface area contributed by atoms with Gasteiger partial charge in [-0.1, -0.05) is 44.2 Å². The molecule has 0 aromatic heterocycles. The van der Waals surface area contributed by atoms with Gasteiger partial charge in [0.2, 0.25) is 5.91 Å².